The zero-order chi connectivity index (χ0) is 16.2. The van der Waals surface area contributed by atoms with Crippen molar-refractivity contribution in [3.8, 4) is 16.8 Å². The second-order valence-electron chi connectivity index (χ2n) is 5.63. The van der Waals surface area contributed by atoms with Crippen molar-refractivity contribution >= 4 is 5.97 Å². The molecule has 1 atom stereocenters. The predicted octanol–water partition coefficient (Wildman–Crippen LogP) is 4.12. The van der Waals surface area contributed by atoms with E-state index in [1.165, 1.54) is 0 Å². The summed E-state index contributed by atoms with van der Waals surface area (Å²) in [5.41, 5.74) is 4.15. The molecule has 0 fully saturated rings. The molecule has 1 N–H and O–H groups in total. The van der Waals surface area contributed by atoms with Gasteiger partial charge in [-0.05, 0) is 29.2 Å². The van der Waals surface area contributed by atoms with Crippen molar-refractivity contribution in [3.63, 3.8) is 0 Å². The molecule has 3 aromatic rings. The molecule has 3 rings (SSSR count). The van der Waals surface area contributed by atoms with E-state index < -0.39 is 5.97 Å². The van der Waals surface area contributed by atoms with E-state index in [1.54, 1.807) is 0 Å². The van der Waals surface area contributed by atoms with Crippen LogP contribution in [0.25, 0.3) is 16.8 Å². The second-order valence-corrected chi connectivity index (χ2v) is 5.63. The number of benzene rings is 2. The molecule has 116 valence electrons. The Kier molecular flexibility index (Phi) is 4.24. The van der Waals surface area contributed by atoms with Gasteiger partial charge in [0.1, 0.15) is 0 Å². The van der Waals surface area contributed by atoms with Crippen molar-refractivity contribution in [2.24, 2.45) is 0 Å². The van der Waals surface area contributed by atoms with Gasteiger partial charge >= 0.3 is 5.97 Å². The van der Waals surface area contributed by atoms with Crippen LogP contribution < -0.4 is 0 Å². The standard InChI is InChI=1S/C19H18N2O2/c1-14(11-19(22)23)15-7-9-16(10-8-15)17-12-20-21(13-17)18-5-3-2-4-6-18/h2-10,12-14H,11H2,1H3,(H,22,23). The quantitative estimate of drug-likeness (QED) is 0.771. The first-order valence-electron chi connectivity index (χ1n) is 7.55. The molecule has 0 aliphatic rings. The van der Waals surface area contributed by atoms with Gasteiger partial charge in [-0.25, -0.2) is 4.68 Å². The van der Waals surface area contributed by atoms with Crippen molar-refractivity contribution in [2.45, 2.75) is 19.3 Å². The Morgan fingerprint density at radius 1 is 1.09 bits per heavy atom. The minimum Gasteiger partial charge on any atom is -0.481 e. The first-order valence-corrected chi connectivity index (χ1v) is 7.55. The number of carboxylic acids is 1. The molecule has 0 spiro atoms. The topological polar surface area (TPSA) is 55.1 Å². The minimum absolute atomic E-state index is 0.00796. The highest BCUT2D eigenvalue weighted by molar-refractivity contribution is 5.68. The summed E-state index contributed by atoms with van der Waals surface area (Å²) in [6, 6.07) is 18.0. The lowest BCUT2D eigenvalue weighted by molar-refractivity contribution is -0.137. The van der Waals surface area contributed by atoms with Crippen LogP contribution in [0.15, 0.2) is 67.0 Å². The van der Waals surface area contributed by atoms with Gasteiger partial charge in [-0.15, -0.1) is 0 Å². The molecule has 1 aromatic heterocycles. The molecule has 0 saturated carbocycles. The van der Waals surface area contributed by atoms with Gasteiger partial charge in [0.15, 0.2) is 0 Å². The molecular formula is C19H18N2O2. The Morgan fingerprint density at radius 2 is 1.78 bits per heavy atom. The maximum atomic E-state index is 10.8. The smallest absolute Gasteiger partial charge is 0.303 e. The normalized spacial score (nSPS) is 12.0. The Hall–Kier alpha value is -2.88. The molecule has 4 nitrogen and oxygen atoms in total. The molecule has 0 bridgehead atoms. The number of carbonyl (C=O) groups is 1. The van der Waals surface area contributed by atoms with Crippen LogP contribution in [0.1, 0.15) is 24.8 Å². The fourth-order valence-corrected chi connectivity index (χ4v) is 2.58. The van der Waals surface area contributed by atoms with Crippen molar-refractivity contribution in [1.82, 2.24) is 9.78 Å². The van der Waals surface area contributed by atoms with E-state index in [9.17, 15) is 4.79 Å². The molecule has 1 unspecified atom stereocenters. The Bertz CT molecular complexity index is 792. The van der Waals surface area contributed by atoms with Gasteiger partial charge in [-0.3, -0.25) is 4.79 Å². The zero-order valence-corrected chi connectivity index (χ0v) is 12.9. The maximum absolute atomic E-state index is 10.8. The average Bonchev–Trinajstić information content (AvgIpc) is 3.05. The van der Waals surface area contributed by atoms with Crippen LogP contribution in [0, 0.1) is 0 Å². The summed E-state index contributed by atoms with van der Waals surface area (Å²) in [5.74, 6) is -0.765. The van der Waals surface area contributed by atoms with E-state index in [2.05, 4.69) is 5.10 Å². The van der Waals surface area contributed by atoms with Crippen LogP contribution in [-0.4, -0.2) is 20.9 Å². The molecule has 0 saturated heterocycles. The lowest BCUT2D eigenvalue weighted by atomic mass is 9.96. The summed E-state index contributed by atoms with van der Waals surface area (Å²) < 4.78 is 1.84. The third-order valence-electron chi connectivity index (χ3n) is 3.90. The molecule has 0 aliphatic carbocycles. The Labute approximate surface area is 135 Å². The largest absolute Gasteiger partial charge is 0.481 e. The average molecular weight is 306 g/mol. The highest BCUT2D eigenvalue weighted by atomic mass is 16.4. The van der Waals surface area contributed by atoms with Gasteiger partial charge in [-0.1, -0.05) is 49.4 Å². The fraction of sp³-hybridized carbons (Fsp3) is 0.158. The number of hydrogen-bond donors (Lipinski definition) is 1. The first kappa shape index (κ1) is 15.0. The molecule has 2 aromatic carbocycles. The third-order valence-corrected chi connectivity index (χ3v) is 3.90. The Balaban J connectivity index is 1.80. The van der Waals surface area contributed by atoms with Crippen LogP contribution in [0.4, 0.5) is 0 Å². The van der Waals surface area contributed by atoms with E-state index in [0.29, 0.717) is 0 Å². The van der Waals surface area contributed by atoms with Crippen molar-refractivity contribution in [1.29, 1.82) is 0 Å². The zero-order valence-electron chi connectivity index (χ0n) is 12.9. The molecule has 4 heteroatoms. The number of carboxylic acid groups (broad SMARTS) is 1. The van der Waals surface area contributed by atoms with Gasteiger partial charge in [0, 0.05) is 11.8 Å². The minimum atomic E-state index is -0.772. The van der Waals surface area contributed by atoms with Crippen molar-refractivity contribution in [2.75, 3.05) is 0 Å². The number of hydrogen-bond acceptors (Lipinski definition) is 2. The summed E-state index contributed by atoms with van der Waals surface area (Å²) in [6.07, 6.45) is 3.97. The molecular weight excluding hydrogens is 288 g/mol. The van der Waals surface area contributed by atoms with E-state index in [-0.39, 0.29) is 12.3 Å². The van der Waals surface area contributed by atoms with Gasteiger partial charge in [0.25, 0.3) is 0 Å². The lowest BCUT2D eigenvalue weighted by Crippen LogP contribution is -2.02. The number of rotatable bonds is 5. The van der Waals surface area contributed by atoms with E-state index >= 15 is 0 Å². The summed E-state index contributed by atoms with van der Waals surface area (Å²) >= 11 is 0. The maximum Gasteiger partial charge on any atom is 0.303 e. The van der Waals surface area contributed by atoms with Crippen molar-refractivity contribution < 1.29 is 9.90 Å². The lowest BCUT2D eigenvalue weighted by Gasteiger charge is -2.09. The van der Waals surface area contributed by atoms with Crippen LogP contribution >= 0.6 is 0 Å². The van der Waals surface area contributed by atoms with E-state index in [4.69, 9.17) is 5.11 Å². The monoisotopic (exact) mass is 306 g/mol. The van der Waals surface area contributed by atoms with Crippen molar-refractivity contribution in [3.05, 3.63) is 72.6 Å². The SMILES string of the molecule is CC(CC(=O)O)c1ccc(-c2cnn(-c3ccccc3)c2)cc1. The molecule has 1 heterocycles. The molecule has 0 radical (unpaired) electrons. The van der Waals surface area contributed by atoms with Gasteiger partial charge < -0.3 is 5.11 Å². The number of para-hydroxylation sites is 1. The van der Waals surface area contributed by atoms with E-state index in [1.807, 2.05) is 78.6 Å². The van der Waals surface area contributed by atoms with Gasteiger partial charge in [-0.2, -0.15) is 5.10 Å². The molecule has 0 aliphatic heterocycles. The van der Waals surface area contributed by atoms with Crippen LogP contribution in [0.2, 0.25) is 0 Å². The summed E-state index contributed by atoms with van der Waals surface area (Å²) in [5, 5.41) is 13.3. The van der Waals surface area contributed by atoms with Crippen LogP contribution in [-0.2, 0) is 4.79 Å². The molecule has 23 heavy (non-hydrogen) atoms. The van der Waals surface area contributed by atoms with Gasteiger partial charge in [0.2, 0.25) is 0 Å². The summed E-state index contributed by atoms with van der Waals surface area (Å²) in [7, 11) is 0. The predicted molar refractivity (Wildman–Crippen MR) is 89.7 cm³/mol. The highest BCUT2D eigenvalue weighted by Gasteiger charge is 2.10. The Morgan fingerprint density at radius 3 is 2.43 bits per heavy atom. The second kappa shape index (κ2) is 6.48. The van der Waals surface area contributed by atoms with Crippen LogP contribution in [0.3, 0.4) is 0 Å². The highest BCUT2D eigenvalue weighted by Crippen LogP contribution is 2.24. The molecule has 0 amide bonds. The summed E-state index contributed by atoms with van der Waals surface area (Å²) in [4.78, 5) is 10.8. The fourth-order valence-electron chi connectivity index (χ4n) is 2.58. The van der Waals surface area contributed by atoms with Crippen LogP contribution in [0.5, 0.6) is 0 Å². The number of aliphatic carboxylic acids is 1. The van der Waals surface area contributed by atoms with Gasteiger partial charge in [0.05, 0.1) is 18.3 Å². The number of nitrogens with zero attached hydrogens (tertiary/aromatic N) is 2. The first-order chi connectivity index (χ1) is 11.1. The van der Waals surface area contributed by atoms with E-state index in [0.717, 1.165) is 22.4 Å². The number of aromatic nitrogens is 2. The third kappa shape index (κ3) is 3.48. The summed E-state index contributed by atoms with van der Waals surface area (Å²) in [6.45, 7) is 1.93.